The molecule has 0 amide bonds. The molecule has 94 heavy (non-hydrogen) atoms. The molecular weight excluding hydrogens is 1150 g/mol. The lowest BCUT2D eigenvalue weighted by molar-refractivity contribution is -0.161. The predicted octanol–water partition coefficient (Wildman–Crippen LogP) is 29.7. The second-order valence-electron chi connectivity index (χ2n) is 28.2. The summed E-state index contributed by atoms with van der Waals surface area (Å²) in [6.07, 6.45) is 121. The zero-order chi connectivity index (χ0) is 67.5. The summed E-state index contributed by atoms with van der Waals surface area (Å²) in [5.41, 5.74) is 0. The Kier molecular flexibility index (Phi) is 81.2. The van der Waals surface area contributed by atoms with Gasteiger partial charge < -0.3 is 14.6 Å². The molecule has 0 bridgehead atoms. The SMILES string of the molecule is CC/C=C\C/C=C\C/C=C\C/C=C\C/C=C\C/C=C\C/C=C\C/C=C\CCCCCCCCCCCCCCCCCCC(=O)OC(CO)COC(=O)CCCCCCCCCCCCCCCCCCCCCCCCCCCCCCCCCCCCCCCCC. The van der Waals surface area contributed by atoms with Crippen molar-refractivity contribution >= 4 is 11.9 Å². The molecule has 5 heteroatoms. The van der Waals surface area contributed by atoms with Gasteiger partial charge in [-0.1, -0.05) is 445 Å². The van der Waals surface area contributed by atoms with Gasteiger partial charge >= 0.3 is 11.9 Å². The molecule has 546 valence electrons. The topological polar surface area (TPSA) is 72.8 Å². The van der Waals surface area contributed by atoms with Gasteiger partial charge in [0, 0.05) is 12.8 Å². The van der Waals surface area contributed by atoms with Gasteiger partial charge in [-0.15, -0.1) is 0 Å². The van der Waals surface area contributed by atoms with Gasteiger partial charge in [0.1, 0.15) is 6.61 Å². The van der Waals surface area contributed by atoms with E-state index in [2.05, 4.69) is 111 Å². The third-order valence-corrected chi connectivity index (χ3v) is 18.9. The van der Waals surface area contributed by atoms with Gasteiger partial charge in [-0.05, 0) is 77.0 Å². The fourth-order valence-corrected chi connectivity index (χ4v) is 12.7. The van der Waals surface area contributed by atoms with Crippen LogP contribution in [0.15, 0.2) is 97.2 Å². The van der Waals surface area contributed by atoms with Crippen LogP contribution in [-0.4, -0.2) is 36.4 Å². The van der Waals surface area contributed by atoms with Crippen LogP contribution in [0.4, 0.5) is 0 Å². The van der Waals surface area contributed by atoms with E-state index < -0.39 is 6.10 Å². The molecule has 0 aromatic carbocycles. The standard InChI is InChI=1S/C89H160O5/c1-3-5-7-9-11-13-15-17-19-21-23-25-27-29-31-33-35-37-39-41-43-44-46-48-50-52-54-56-58-60-62-64-66-68-70-72-74-76-78-80-82-84-89(92)94-87(85-90)86-93-88(91)83-81-79-77-75-73-71-69-67-65-63-61-59-57-55-53-51-49-47-45-42-40-38-36-34-32-30-28-26-24-22-20-18-16-14-12-10-8-6-4-2/h5,7,11,13,17,19,23,25,29,31,35,37,41,43,46,48,87,90H,3-4,6,8-10,12,14-16,18,20-22,24,26-28,30,32-34,36,38-40,42,44-45,47,49-86H2,1-2H3/b7-5-,13-11-,19-17-,25-23-,31-29-,37-35-,43-41-,48-46-. The number of hydrogen-bond acceptors (Lipinski definition) is 5. The number of aliphatic hydroxyl groups is 1. The molecule has 1 atom stereocenters. The molecule has 0 aliphatic carbocycles. The molecule has 0 aromatic rings. The maximum Gasteiger partial charge on any atom is 0.306 e. The molecule has 0 radical (unpaired) electrons. The van der Waals surface area contributed by atoms with E-state index in [1.165, 1.54) is 321 Å². The molecule has 0 saturated heterocycles. The van der Waals surface area contributed by atoms with E-state index in [1.54, 1.807) is 0 Å². The van der Waals surface area contributed by atoms with Crippen molar-refractivity contribution in [1.82, 2.24) is 0 Å². The number of esters is 2. The van der Waals surface area contributed by atoms with Gasteiger partial charge in [0.25, 0.3) is 0 Å². The second kappa shape index (κ2) is 84.0. The van der Waals surface area contributed by atoms with Gasteiger partial charge in [0.2, 0.25) is 0 Å². The summed E-state index contributed by atoms with van der Waals surface area (Å²) >= 11 is 0. The van der Waals surface area contributed by atoms with Crippen LogP contribution in [0.5, 0.6) is 0 Å². The highest BCUT2D eigenvalue weighted by Gasteiger charge is 2.16. The van der Waals surface area contributed by atoms with Crippen molar-refractivity contribution in [1.29, 1.82) is 0 Å². The Morgan fingerprint density at radius 2 is 0.457 bits per heavy atom. The number of aliphatic hydroxyl groups excluding tert-OH is 1. The summed E-state index contributed by atoms with van der Waals surface area (Å²) in [5.74, 6) is -0.570. The van der Waals surface area contributed by atoms with Crippen LogP contribution in [0, 0.1) is 0 Å². The van der Waals surface area contributed by atoms with Crippen molar-refractivity contribution in [3.63, 3.8) is 0 Å². The van der Waals surface area contributed by atoms with Crippen molar-refractivity contribution < 1.29 is 24.2 Å². The Bertz CT molecular complexity index is 1730. The highest BCUT2D eigenvalue weighted by atomic mass is 16.6. The summed E-state index contributed by atoms with van der Waals surface area (Å²) in [6.45, 7) is 4.08. The van der Waals surface area contributed by atoms with E-state index >= 15 is 0 Å². The minimum atomic E-state index is -0.776. The fourth-order valence-electron chi connectivity index (χ4n) is 12.7. The van der Waals surface area contributed by atoms with Gasteiger partial charge in [-0.3, -0.25) is 9.59 Å². The lowest BCUT2D eigenvalue weighted by Crippen LogP contribution is -2.28. The van der Waals surface area contributed by atoms with E-state index in [1.807, 2.05) is 0 Å². The van der Waals surface area contributed by atoms with Crippen molar-refractivity contribution in [2.45, 2.75) is 444 Å². The van der Waals surface area contributed by atoms with Gasteiger partial charge in [-0.25, -0.2) is 0 Å². The number of carbonyl (C=O) groups is 2. The average Bonchev–Trinajstić information content (AvgIpc) is 3.77. The molecule has 0 rings (SSSR count). The molecule has 0 aliphatic heterocycles. The minimum Gasteiger partial charge on any atom is -0.462 e. The van der Waals surface area contributed by atoms with Crippen molar-refractivity contribution in [3.05, 3.63) is 97.2 Å². The normalized spacial score (nSPS) is 12.7. The predicted molar refractivity (Wildman–Crippen MR) is 417 cm³/mol. The number of unbranched alkanes of at least 4 members (excludes halogenated alkanes) is 54. The number of allylic oxidation sites excluding steroid dienone is 16. The number of hydrogen-bond donors (Lipinski definition) is 1. The quantitative estimate of drug-likeness (QED) is 0.0373. The van der Waals surface area contributed by atoms with Crippen molar-refractivity contribution in [3.8, 4) is 0 Å². The van der Waals surface area contributed by atoms with E-state index in [9.17, 15) is 14.7 Å². The first-order chi connectivity index (χ1) is 46.6. The van der Waals surface area contributed by atoms with E-state index in [4.69, 9.17) is 9.47 Å². The molecular formula is C89H160O5. The number of rotatable bonds is 78. The lowest BCUT2D eigenvalue weighted by atomic mass is 10.0. The summed E-state index contributed by atoms with van der Waals surface area (Å²) < 4.78 is 10.8. The summed E-state index contributed by atoms with van der Waals surface area (Å²) in [6, 6.07) is 0. The maximum absolute atomic E-state index is 12.4. The Morgan fingerprint density at radius 1 is 0.255 bits per heavy atom. The minimum absolute atomic E-state index is 0.0629. The van der Waals surface area contributed by atoms with E-state index in [-0.39, 0.29) is 25.2 Å². The van der Waals surface area contributed by atoms with Crippen LogP contribution < -0.4 is 0 Å². The molecule has 0 saturated carbocycles. The smallest absolute Gasteiger partial charge is 0.306 e. The summed E-state index contributed by atoms with van der Waals surface area (Å²) in [7, 11) is 0. The van der Waals surface area contributed by atoms with Crippen molar-refractivity contribution in [2.75, 3.05) is 13.2 Å². The highest BCUT2D eigenvalue weighted by Crippen LogP contribution is 2.20. The maximum atomic E-state index is 12.4. The Labute approximate surface area is 587 Å². The molecule has 0 aliphatic rings. The highest BCUT2D eigenvalue weighted by molar-refractivity contribution is 5.70. The van der Waals surface area contributed by atoms with Crippen LogP contribution in [0.3, 0.4) is 0 Å². The molecule has 0 fully saturated rings. The Hall–Kier alpha value is -3.18. The monoisotopic (exact) mass is 1310 g/mol. The summed E-state index contributed by atoms with van der Waals surface area (Å²) in [5, 5.41) is 9.74. The van der Waals surface area contributed by atoms with Crippen LogP contribution in [0.25, 0.3) is 0 Å². The number of carbonyl (C=O) groups excluding carboxylic acids is 2. The molecule has 0 spiro atoms. The first-order valence-electron chi connectivity index (χ1n) is 41.8. The third-order valence-electron chi connectivity index (χ3n) is 18.9. The fraction of sp³-hybridized carbons (Fsp3) is 0.798. The lowest BCUT2D eigenvalue weighted by Gasteiger charge is -2.15. The molecule has 5 nitrogen and oxygen atoms in total. The van der Waals surface area contributed by atoms with Gasteiger partial charge in [0.05, 0.1) is 6.61 Å². The van der Waals surface area contributed by atoms with E-state index in [0.717, 1.165) is 89.9 Å². The zero-order valence-electron chi connectivity index (χ0n) is 63.0. The molecule has 1 N–H and O–H groups in total. The largest absolute Gasteiger partial charge is 0.462 e. The summed E-state index contributed by atoms with van der Waals surface area (Å²) in [4.78, 5) is 24.7. The van der Waals surface area contributed by atoms with Crippen LogP contribution in [0.2, 0.25) is 0 Å². The molecule has 0 aromatic heterocycles. The van der Waals surface area contributed by atoms with Gasteiger partial charge in [0.15, 0.2) is 6.10 Å². The molecule has 0 heterocycles. The Balaban J connectivity index is 3.41. The van der Waals surface area contributed by atoms with Crippen molar-refractivity contribution in [2.24, 2.45) is 0 Å². The van der Waals surface area contributed by atoms with Crippen LogP contribution >= 0.6 is 0 Å². The Morgan fingerprint density at radius 3 is 0.691 bits per heavy atom. The van der Waals surface area contributed by atoms with E-state index in [0.29, 0.717) is 12.8 Å². The second-order valence-corrected chi connectivity index (χ2v) is 28.2. The van der Waals surface area contributed by atoms with Crippen LogP contribution in [0.1, 0.15) is 438 Å². The zero-order valence-corrected chi connectivity index (χ0v) is 63.0. The van der Waals surface area contributed by atoms with Gasteiger partial charge in [-0.2, -0.15) is 0 Å². The van der Waals surface area contributed by atoms with Crippen LogP contribution in [-0.2, 0) is 19.1 Å². The first kappa shape index (κ1) is 90.8. The third kappa shape index (κ3) is 81.2. The first-order valence-corrected chi connectivity index (χ1v) is 41.8. The average molecular weight is 1310 g/mol. The molecule has 1 unspecified atom stereocenters. The number of ether oxygens (including phenoxy) is 2.